The van der Waals surface area contributed by atoms with Gasteiger partial charge in [-0.1, -0.05) is 26.7 Å². The SMILES string of the molecule is CC(C)C(CN)C(O)Cc1ccn(C2CCCC2)n1. The summed E-state index contributed by atoms with van der Waals surface area (Å²) in [5.41, 5.74) is 6.73. The van der Waals surface area contributed by atoms with E-state index in [-0.39, 0.29) is 5.92 Å². The van der Waals surface area contributed by atoms with Crippen LogP contribution in [-0.4, -0.2) is 27.5 Å². The van der Waals surface area contributed by atoms with Crippen molar-refractivity contribution in [3.05, 3.63) is 18.0 Å². The number of nitrogens with zero attached hydrogens (tertiary/aromatic N) is 2. The highest BCUT2D eigenvalue weighted by Gasteiger charge is 2.23. The second-order valence-electron chi connectivity index (χ2n) is 6.14. The molecule has 1 aromatic rings. The molecule has 0 aromatic carbocycles. The van der Waals surface area contributed by atoms with Gasteiger partial charge in [-0.3, -0.25) is 4.68 Å². The summed E-state index contributed by atoms with van der Waals surface area (Å²) in [7, 11) is 0. The van der Waals surface area contributed by atoms with Crippen molar-refractivity contribution in [1.82, 2.24) is 9.78 Å². The summed E-state index contributed by atoms with van der Waals surface area (Å²) in [6.45, 7) is 4.75. The van der Waals surface area contributed by atoms with Gasteiger partial charge in [-0.25, -0.2) is 0 Å². The van der Waals surface area contributed by atoms with E-state index in [1.54, 1.807) is 0 Å². The van der Waals surface area contributed by atoms with Crippen LogP contribution >= 0.6 is 0 Å². The van der Waals surface area contributed by atoms with E-state index in [1.807, 2.05) is 6.07 Å². The molecular weight excluding hydrogens is 238 g/mol. The van der Waals surface area contributed by atoms with Gasteiger partial charge < -0.3 is 10.8 Å². The summed E-state index contributed by atoms with van der Waals surface area (Å²) in [5, 5.41) is 14.9. The van der Waals surface area contributed by atoms with Gasteiger partial charge in [0.05, 0.1) is 17.8 Å². The lowest BCUT2D eigenvalue weighted by Crippen LogP contribution is -2.33. The Morgan fingerprint density at radius 2 is 2.11 bits per heavy atom. The third-order valence-corrected chi connectivity index (χ3v) is 4.40. The van der Waals surface area contributed by atoms with Gasteiger partial charge in [-0.15, -0.1) is 0 Å². The lowest BCUT2D eigenvalue weighted by molar-refractivity contribution is 0.0853. The van der Waals surface area contributed by atoms with Gasteiger partial charge in [-0.2, -0.15) is 5.10 Å². The normalized spacial score (nSPS) is 20.1. The standard InChI is InChI=1S/C15H27N3O/c1-11(2)14(10-16)15(19)9-12-7-8-18(17-12)13-5-3-4-6-13/h7-8,11,13-15,19H,3-6,9-10,16H2,1-2H3. The van der Waals surface area contributed by atoms with Crippen molar-refractivity contribution < 1.29 is 5.11 Å². The van der Waals surface area contributed by atoms with Crippen LogP contribution in [0.3, 0.4) is 0 Å². The van der Waals surface area contributed by atoms with Crippen molar-refractivity contribution in [3.63, 3.8) is 0 Å². The first kappa shape index (κ1) is 14.5. The van der Waals surface area contributed by atoms with Crippen LogP contribution in [0.4, 0.5) is 0 Å². The first-order chi connectivity index (χ1) is 9.11. The van der Waals surface area contributed by atoms with E-state index in [2.05, 4.69) is 29.8 Å². The third kappa shape index (κ3) is 3.57. The average Bonchev–Trinajstić information content (AvgIpc) is 2.98. The quantitative estimate of drug-likeness (QED) is 0.828. The summed E-state index contributed by atoms with van der Waals surface area (Å²) in [4.78, 5) is 0. The van der Waals surface area contributed by atoms with Crippen molar-refractivity contribution in [1.29, 1.82) is 0 Å². The van der Waals surface area contributed by atoms with E-state index >= 15 is 0 Å². The van der Waals surface area contributed by atoms with Crippen LogP contribution in [-0.2, 0) is 6.42 Å². The summed E-state index contributed by atoms with van der Waals surface area (Å²) < 4.78 is 2.09. The number of hydrogen-bond donors (Lipinski definition) is 2. The van der Waals surface area contributed by atoms with Gasteiger partial charge in [0.15, 0.2) is 0 Å². The van der Waals surface area contributed by atoms with Crippen LogP contribution in [0.5, 0.6) is 0 Å². The zero-order valence-corrected chi connectivity index (χ0v) is 12.1. The Labute approximate surface area is 116 Å². The molecule has 2 unspecified atom stereocenters. The summed E-state index contributed by atoms with van der Waals surface area (Å²) in [5.74, 6) is 0.550. The van der Waals surface area contributed by atoms with Crippen LogP contribution < -0.4 is 5.73 Å². The van der Waals surface area contributed by atoms with E-state index in [4.69, 9.17) is 5.73 Å². The Morgan fingerprint density at radius 3 is 2.68 bits per heavy atom. The van der Waals surface area contributed by atoms with E-state index in [9.17, 15) is 5.11 Å². The number of nitrogens with two attached hydrogens (primary N) is 1. The van der Waals surface area contributed by atoms with Crippen molar-refractivity contribution in [2.45, 2.75) is 58.1 Å². The fourth-order valence-electron chi connectivity index (χ4n) is 3.10. The molecule has 0 saturated heterocycles. The predicted molar refractivity (Wildman–Crippen MR) is 76.8 cm³/mol. The Hall–Kier alpha value is -0.870. The Bertz CT molecular complexity index is 382. The number of aliphatic hydroxyl groups excluding tert-OH is 1. The minimum absolute atomic E-state index is 0.150. The molecule has 19 heavy (non-hydrogen) atoms. The molecule has 2 rings (SSSR count). The smallest absolute Gasteiger partial charge is 0.0650 e. The first-order valence-electron chi connectivity index (χ1n) is 7.54. The predicted octanol–water partition coefficient (Wildman–Crippen LogP) is 2.13. The monoisotopic (exact) mass is 265 g/mol. The Kier molecular flexibility index (Phi) is 4.99. The minimum atomic E-state index is -0.392. The summed E-state index contributed by atoms with van der Waals surface area (Å²) in [6, 6.07) is 2.61. The maximum Gasteiger partial charge on any atom is 0.0650 e. The van der Waals surface area contributed by atoms with Gasteiger partial charge in [-0.05, 0) is 37.3 Å². The number of aliphatic hydroxyl groups is 1. The van der Waals surface area contributed by atoms with E-state index in [1.165, 1.54) is 25.7 Å². The van der Waals surface area contributed by atoms with Gasteiger partial charge in [0.25, 0.3) is 0 Å². The fourth-order valence-corrected chi connectivity index (χ4v) is 3.10. The topological polar surface area (TPSA) is 64.1 Å². The Balaban J connectivity index is 1.95. The maximum absolute atomic E-state index is 10.3. The molecule has 0 bridgehead atoms. The molecule has 1 fully saturated rings. The molecule has 108 valence electrons. The van der Waals surface area contributed by atoms with Crippen LogP contribution in [0.1, 0.15) is 51.3 Å². The van der Waals surface area contributed by atoms with Crippen LogP contribution in [0.15, 0.2) is 12.3 Å². The van der Waals surface area contributed by atoms with Crippen molar-refractivity contribution in [2.24, 2.45) is 17.6 Å². The number of aromatic nitrogens is 2. The molecule has 1 saturated carbocycles. The van der Waals surface area contributed by atoms with Crippen molar-refractivity contribution in [3.8, 4) is 0 Å². The molecule has 1 heterocycles. The zero-order valence-electron chi connectivity index (χ0n) is 12.1. The minimum Gasteiger partial charge on any atom is -0.392 e. The molecule has 1 aliphatic rings. The summed E-state index contributed by atoms with van der Waals surface area (Å²) in [6.07, 6.45) is 7.38. The highest BCUT2D eigenvalue weighted by Crippen LogP contribution is 2.29. The highest BCUT2D eigenvalue weighted by molar-refractivity contribution is 5.02. The molecular formula is C15H27N3O. The van der Waals surface area contributed by atoms with Gasteiger partial charge in [0.1, 0.15) is 0 Å². The van der Waals surface area contributed by atoms with Gasteiger partial charge >= 0.3 is 0 Å². The molecule has 0 radical (unpaired) electrons. The van der Waals surface area contributed by atoms with Crippen LogP contribution in [0.2, 0.25) is 0 Å². The van der Waals surface area contributed by atoms with Gasteiger partial charge in [0, 0.05) is 12.6 Å². The molecule has 4 nitrogen and oxygen atoms in total. The fraction of sp³-hybridized carbons (Fsp3) is 0.800. The lowest BCUT2D eigenvalue weighted by atomic mass is 9.88. The largest absolute Gasteiger partial charge is 0.392 e. The van der Waals surface area contributed by atoms with Crippen molar-refractivity contribution >= 4 is 0 Å². The first-order valence-corrected chi connectivity index (χ1v) is 7.54. The van der Waals surface area contributed by atoms with Crippen LogP contribution in [0.25, 0.3) is 0 Å². The van der Waals surface area contributed by atoms with E-state index in [0.717, 1.165) is 5.69 Å². The molecule has 1 aromatic heterocycles. The summed E-state index contributed by atoms with van der Waals surface area (Å²) >= 11 is 0. The second kappa shape index (κ2) is 6.53. The molecule has 0 spiro atoms. The van der Waals surface area contributed by atoms with E-state index < -0.39 is 6.10 Å². The number of hydrogen-bond acceptors (Lipinski definition) is 3. The highest BCUT2D eigenvalue weighted by atomic mass is 16.3. The molecule has 1 aliphatic carbocycles. The van der Waals surface area contributed by atoms with Crippen LogP contribution in [0, 0.1) is 11.8 Å². The second-order valence-corrected chi connectivity index (χ2v) is 6.14. The Morgan fingerprint density at radius 1 is 1.42 bits per heavy atom. The van der Waals surface area contributed by atoms with Crippen molar-refractivity contribution in [2.75, 3.05) is 6.54 Å². The third-order valence-electron chi connectivity index (χ3n) is 4.40. The maximum atomic E-state index is 10.3. The average molecular weight is 265 g/mol. The van der Waals surface area contributed by atoms with E-state index in [0.29, 0.717) is 24.9 Å². The van der Waals surface area contributed by atoms with Gasteiger partial charge in [0.2, 0.25) is 0 Å². The lowest BCUT2D eigenvalue weighted by Gasteiger charge is -2.24. The molecule has 0 amide bonds. The molecule has 3 N–H and O–H groups in total. The number of rotatable bonds is 6. The molecule has 4 heteroatoms. The molecule has 2 atom stereocenters. The molecule has 0 aliphatic heterocycles. The zero-order chi connectivity index (χ0) is 13.8.